The maximum absolute atomic E-state index is 13.0. The highest BCUT2D eigenvalue weighted by atomic mass is 32.1. The third kappa shape index (κ3) is 4.16. The number of carbonyl (C=O) groups is 1. The average molecular weight is 334 g/mol. The van der Waals surface area contributed by atoms with Gasteiger partial charge in [0.2, 0.25) is 5.91 Å². The van der Waals surface area contributed by atoms with E-state index in [4.69, 9.17) is 5.73 Å². The van der Waals surface area contributed by atoms with Crippen LogP contribution in [0.1, 0.15) is 39.7 Å². The van der Waals surface area contributed by atoms with Crippen LogP contribution in [0.15, 0.2) is 35.7 Å². The summed E-state index contributed by atoms with van der Waals surface area (Å²) in [5, 5.41) is 12.2. The van der Waals surface area contributed by atoms with Crippen molar-refractivity contribution >= 4 is 17.2 Å². The van der Waals surface area contributed by atoms with Gasteiger partial charge in [-0.05, 0) is 36.6 Å². The number of nitrogens with zero attached hydrogens (tertiary/aromatic N) is 1. The van der Waals surface area contributed by atoms with Gasteiger partial charge in [-0.25, -0.2) is 4.39 Å². The third-order valence-electron chi connectivity index (χ3n) is 4.02. The summed E-state index contributed by atoms with van der Waals surface area (Å²) in [4.78, 5) is 14.4. The Kier molecular flexibility index (Phi) is 4.75. The van der Waals surface area contributed by atoms with Gasteiger partial charge in [0, 0.05) is 29.4 Å². The van der Waals surface area contributed by atoms with Crippen LogP contribution in [0, 0.1) is 5.82 Å². The summed E-state index contributed by atoms with van der Waals surface area (Å²) in [7, 11) is 0. The lowest BCUT2D eigenvalue weighted by molar-refractivity contribution is 0.0998. The van der Waals surface area contributed by atoms with E-state index in [1.54, 1.807) is 17.5 Å². The van der Waals surface area contributed by atoms with Crippen molar-refractivity contribution in [3.05, 3.63) is 57.5 Å². The van der Waals surface area contributed by atoms with E-state index in [9.17, 15) is 14.3 Å². The number of primary amides is 1. The first kappa shape index (κ1) is 16.1. The highest BCUT2D eigenvalue weighted by molar-refractivity contribution is 7.10. The predicted molar refractivity (Wildman–Crippen MR) is 87.6 cm³/mol. The minimum atomic E-state index is -0.660. The first-order valence-corrected chi connectivity index (χ1v) is 8.45. The number of amides is 1. The SMILES string of the molecule is NC(=O)c1csc(CN(CC(O)c2ccc(F)cc2)C2CC2)c1. The van der Waals surface area contributed by atoms with Crippen molar-refractivity contribution in [2.75, 3.05) is 6.54 Å². The monoisotopic (exact) mass is 334 g/mol. The molecule has 1 aromatic heterocycles. The summed E-state index contributed by atoms with van der Waals surface area (Å²) in [6.07, 6.45) is 1.57. The number of aliphatic hydroxyl groups excluding tert-OH is 1. The number of halogens is 1. The number of benzene rings is 1. The smallest absolute Gasteiger partial charge is 0.249 e. The van der Waals surface area contributed by atoms with E-state index in [2.05, 4.69) is 4.90 Å². The molecule has 1 heterocycles. The summed E-state index contributed by atoms with van der Waals surface area (Å²) >= 11 is 1.50. The Morgan fingerprint density at radius 1 is 1.39 bits per heavy atom. The quantitative estimate of drug-likeness (QED) is 0.818. The van der Waals surface area contributed by atoms with Gasteiger partial charge in [0.1, 0.15) is 5.82 Å². The second kappa shape index (κ2) is 6.78. The van der Waals surface area contributed by atoms with E-state index in [-0.39, 0.29) is 5.82 Å². The largest absolute Gasteiger partial charge is 0.387 e. The molecule has 1 fully saturated rings. The van der Waals surface area contributed by atoms with Crippen molar-refractivity contribution in [1.82, 2.24) is 4.90 Å². The van der Waals surface area contributed by atoms with E-state index in [1.807, 2.05) is 6.07 Å². The van der Waals surface area contributed by atoms with Crippen molar-refractivity contribution in [1.29, 1.82) is 0 Å². The second-order valence-corrected chi connectivity index (χ2v) is 6.89. The maximum Gasteiger partial charge on any atom is 0.249 e. The molecular formula is C17H19FN2O2S. The van der Waals surface area contributed by atoms with Crippen molar-refractivity contribution in [3.8, 4) is 0 Å². The molecule has 0 radical (unpaired) electrons. The topological polar surface area (TPSA) is 66.6 Å². The zero-order chi connectivity index (χ0) is 16.4. The molecule has 1 aliphatic carbocycles. The van der Waals surface area contributed by atoms with Gasteiger partial charge in [-0.1, -0.05) is 12.1 Å². The number of thiophene rings is 1. The zero-order valence-corrected chi connectivity index (χ0v) is 13.4. The van der Waals surface area contributed by atoms with Crippen molar-refractivity contribution in [2.24, 2.45) is 5.73 Å². The summed E-state index contributed by atoms with van der Waals surface area (Å²) in [5.41, 5.74) is 6.52. The first-order valence-electron chi connectivity index (χ1n) is 7.57. The van der Waals surface area contributed by atoms with Gasteiger partial charge >= 0.3 is 0 Å². The predicted octanol–water partition coefficient (Wildman–Crippen LogP) is 2.68. The fourth-order valence-electron chi connectivity index (χ4n) is 2.59. The second-order valence-electron chi connectivity index (χ2n) is 5.89. The average Bonchev–Trinajstić information content (AvgIpc) is 3.26. The summed E-state index contributed by atoms with van der Waals surface area (Å²) in [6, 6.07) is 8.22. The molecule has 1 amide bonds. The minimum Gasteiger partial charge on any atom is -0.387 e. The number of hydrogen-bond acceptors (Lipinski definition) is 4. The molecule has 4 nitrogen and oxygen atoms in total. The highest BCUT2D eigenvalue weighted by Crippen LogP contribution is 2.31. The maximum atomic E-state index is 13.0. The molecule has 0 spiro atoms. The molecule has 2 aromatic rings. The molecule has 1 atom stereocenters. The molecule has 0 bridgehead atoms. The Balaban J connectivity index is 1.66. The molecule has 1 aromatic carbocycles. The van der Waals surface area contributed by atoms with E-state index < -0.39 is 12.0 Å². The number of nitrogens with two attached hydrogens (primary N) is 1. The van der Waals surface area contributed by atoms with Crippen molar-refractivity contribution in [3.63, 3.8) is 0 Å². The van der Waals surface area contributed by atoms with Crippen molar-refractivity contribution < 1.29 is 14.3 Å². The van der Waals surface area contributed by atoms with Gasteiger partial charge in [-0.15, -0.1) is 11.3 Å². The van der Waals surface area contributed by atoms with Crippen LogP contribution in [0.25, 0.3) is 0 Å². The van der Waals surface area contributed by atoms with Gasteiger partial charge in [0.15, 0.2) is 0 Å². The van der Waals surface area contributed by atoms with Gasteiger partial charge in [-0.2, -0.15) is 0 Å². The van der Waals surface area contributed by atoms with E-state index in [0.717, 1.165) is 17.7 Å². The molecule has 1 unspecified atom stereocenters. The highest BCUT2D eigenvalue weighted by Gasteiger charge is 2.31. The van der Waals surface area contributed by atoms with Gasteiger partial charge < -0.3 is 10.8 Å². The van der Waals surface area contributed by atoms with E-state index in [1.165, 1.54) is 23.5 Å². The van der Waals surface area contributed by atoms with Crippen LogP contribution in [0.3, 0.4) is 0 Å². The Morgan fingerprint density at radius 3 is 2.65 bits per heavy atom. The summed E-state index contributed by atoms with van der Waals surface area (Å²) in [6.45, 7) is 1.17. The lowest BCUT2D eigenvalue weighted by atomic mass is 10.1. The number of rotatable bonds is 7. The number of aliphatic hydroxyl groups is 1. The van der Waals surface area contributed by atoms with E-state index in [0.29, 0.717) is 30.3 Å². The van der Waals surface area contributed by atoms with Crippen LogP contribution in [0.4, 0.5) is 4.39 Å². The molecule has 23 heavy (non-hydrogen) atoms. The van der Waals surface area contributed by atoms with Gasteiger partial charge in [0.25, 0.3) is 0 Å². The standard InChI is InChI=1S/C17H19FN2O2S/c18-13-3-1-11(2-4-13)16(21)9-20(14-5-6-14)8-15-7-12(10-23-15)17(19)22/h1-4,7,10,14,16,21H,5-6,8-9H2,(H2,19,22). The molecule has 1 aliphatic rings. The van der Waals surface area contributed by atoms with Crippen LogP contribution in [0.5, 0.6) is 0 Å². The normalized spacial score (nSPS) is 15.8. The van der Waals surface area contributed by atoms with Crippen LogP contribution >= 0.6 is 11.3 Å². The molecule has 6 heteroatoms. The van der Waals surface area contributed by atoms with Crippen LogP contribution in [0.2, 0.25) is 0 Å². The molecule has 1 saturated carbocycles. The molecular weight excluding hydrogens is 315 g/mol. The first-order chi connectivity index (χ1) is 11.0. The van der Waals surface area contributed by atoms with Crippen LogP contribution in [-0.4, -0.2) is 28.5 Å². The molecule has 3 rings (SSSR count). The Hall–Kier alpha value is -1.76. The molecule has 0 aliphatic heterocycles. The molecule has 122 valence electrons. The van der Waals surface area contributed by atoms with Crippen molar-refractivity contribution in [2.45, 2.75) is 31.5 Å². The minimum absolute atomic E-state index is 0.308. The zero-order valence-electron chi connectivity index (χ0n) is 12.6. The van der Waals surface area contributed by atoms with Gasteiger partial charge in [-0.3, -0.25) is 9.69 Å². The molecule has 0 saturated heterocycles. The summed E-state index contributed by atoms with van der Waals surface area (Å²) < 4.78 is 13.0. The third-order valence-corrected chi connectivity index (χ3v) is 4.94. The van der Waals surface area contributed by atoms with Crippen LogP contribution < -0.4 is 5.73 Å². The fourth-order valence-corrected chi connectivity index (χ4v) is 3.49. The lowest BCUT2D eigenvalue weighted by Crippen LogP contribution is -2.30. The fraction of sp³-hybridized carbons (Fsp3) is 0.353. The van der Waals surface area contributed by atoms with E-state index >= 15 is 0 Å². The summed E-state index contributed by atoms with van der Waals surface area (Å²) in [5.74, 6) is -0.727. The Bertz CT molecular complexity index is 682. The molecule has 3 N–H and O–H groups in total. The number of carbonyl (C=O) groups excluding carboxylic acids is 1. The Labute approximate surface area is 138 Å². The van der Waals surface area contributed by atoms with Crippen LogP contribution in [-0.2, 0) is 6.54 Å². The Morgan fingerprint density at radius 2 is 2.09 bits per heavy atom. The number of hydrogen-bond donors (Lipinski definition) is 2. The lowest BCUT2D eigenvalue weighted by Gasteiger charge is -2.24. The van der Waals surface area contributed by atoms with Gasteiger partial charge in [0.05, 0.1) is 11.7 Å².